The van der Waals surface area contributed by atoms with Gasteiger partial charge in [-0.25, -0.2) is 18.1 Å². The molecule has 1 unspecified atom stereocenters. The number of nitrogens with zero attached hydrogens (tertiary/aromatic N) is 1. The molecular formula is C15H20N2O4S. The standard InChI is InChI=1S/C15H20N2O4S/c1-3-4-13(18)9-16-22(19,20)14-7-5-12(6-8-14)15-10-21-11(2)17-15/h5-8,10,13,16,18H,3-4,9H2,1-2H3. The van der Waals surface area contributed by atoms with E-state index in [2.05, 4.69) is 9.71 Å². The van der Waals surface area contributed by atoms with Crippen LogP contribution in [0.25, 0.3) is 11.3 Å². The van der Waals surface area contributed by atoms with E-state index in [1.165, 1.54) is 18.4 Å². The molecule has 0 fully saturated rings. The monoisotopic (exact) mass is 324 g/mol. The smallest absolute Gasteiger partial charge is 0.240 e. The number of aliphatic hydroxyl groups is 1. The number of benzene rings is 1. The molecule has 0 aliphatic heterocycles. The Hall–Kier alpha value is -1.70. The van der Waals surface area contributed by atoms with Gasteiger partial charge in [0.2, 0.25) is 10.0 Å². The Morgan fingerprint density at radius 3 is 2.55 bits per heavy atom. The van der Waals surface area contributed by atoms with Crippen LogP contribution in [0, 0.1) is 6.92 Å². The summed E-state index contributed by atoms with van der Waals surface area (Å²) in [6, 6.07) is 6.37. The number of oxazole rings is 1. The fourth-order valence-corrected chi connectivity index (χ4v) is 3.10. The molecular weight excluding hydrogens is 304 g/mol. The molecule has 1 aromatic carbocycles. The first-order valence-electron chi connectivity index (χ1n) is 7.12. The van der Waals surface area contributed by atoms with Crippen LogP contribution in [0.4, 0.5) is 0 Å². The third kappa shape index (κ3) is 4.16. The van der Waals surface area contributed by atoms with Crippen LogP contribution < -0.4 is 4.72 Å². The maximum atomic E-state index is 12.1. The molecule has 0 saturated carbocycles. The van der Waals surface area contributed by atoms with Crippen molar-refractivity contribution in [1.29, 1.82) is 0 Å². The summed E-state index contributed by atoms with van der Waals surface area (Å²) in [7, 11) is -3.62. The van der Waals surface area contributed by atoms with E-state index in [-0.39, 0.29) is 11.4 Å². The lowest BCUT2D eigenvalue weighted by Gasteiger charge is -2.11. The van der Waals surface area contributed by atoms with Gasteiger partial charge in [-0.2, -0.15) is 0 Å². The molecule has 2 rings (SSSR count). The van der Waals surface area contributed by atoms with E-state index < -0.39 is 16.1 Å². The second kappa shape index (κ2) is 7.04. The van der Waals surface area contributed by atoms with Gasteiger partial charge in [0.25, 0.3) is 0 Å². The fraction of sp³-hybridized carbons (Fsp3) is 0.400. The van der Waals surface area contributed by atoms with Gasteiger partial charge in [-0.15, -0.1) is 0 Å². The van der Waals surface area contributed by atoms with Crippen molar-refractivity contribution in [2.24, 2.45) is 0 Å². The summed E-state index contributed by atoms with van der Waals surface area (Å²) in [5.41, 5.74) is 1.44. The number of aryl methyl sites for hydroxylation is 1. The summed E-state index contributed by atoms with van der Waals surface area (Å²) in [5.74, 6) is 0.554. The zero-order valence-corrected chi connectivity index (χ0v) is 13.4. The van der Waals surface area contributed by atoms with Crippen LogP contribution >= 0.6 is 0 Å². The largest absolute Gasteiger partial charge is 0.449 e. The number of sulfonamides is 1. The summed E-state index contributed by atoms with van der Waals surface area (Å²) in [5, 5.41) is 9.61. The van der Waals surface area contributed by atoms with E-state index in [0.717, 1.165) is 12.0 Å². The molecule has 1 atom stereocenters. The van der Waals surface area contributed by atoms with Crippen molar-refractivity contribution in [1.82, 2.24) is 9.71 Å². The molecule has 2 aromatic rings. The van der Waals surface area contributed by atoms with Crippen LogP contribution in [0.15, 0.2) is 39.8 Å². The van der Waals surface area contributed by atoms with Crippen molar-refractivity contribution in [3.05, 3.63) is 36.4 Å². The van der Waals surface area contributed by atoms with Gasteiger partial charge in [0.1, 0.15) is 12.0 Å². The van der Waals surface area contributed by atoms with E-state index in [1.54, 1.807) is 19.1 Å². The third-order valence-corrected chi connectivity index (χ3v) is 4.65. The third-order valence-electron chi connectivity index (χ3n) is 3.21. The maximum Gasteiger partial charge on any atom is 0.240 e. The van der Waals surface area contributed by atoms with E-state index in [9.17, 15) is 13.5 Å². The second-order valence-electron chi connectivity index (χ2n) is 5.07. The normalized spacial score (nSPS) is 13.2. The molecule has 0 saturated heterocycles. The van der Waals surface area contributed by atoms with E-state index in [4.69, 9.17) is 4.42 Å². The molecule has 0 aliphatic rings. The first-order chi connectivity index (χ1) is 10.4. The maximum absolute atomic E-state index is 12.1. The Bertz CT molecular complexity index is 707. The zero-order valence-electron chi connectivity index (χ0n) is 12.6. The first-order valence-corrected chi connectivity index (χ1v) is 8.61. The Morgan fingerprint density at radius 1 is 1.32 bits per heavy atom. The van der Waals surface area contributed by atoms with E-state index in [1.807, 2.05) is 6.92 Å². The average Bonchev–Trinajstić information content (AvgIpc) is 2.92. The van der Waals surface area contributed by atoms with Crippen molar-refractivity contribution in [3.63, 3.8) is 0 Å². The van der Waals surface area contributed by atoms with Crippen LogP contribution in [0.1, 0.15) is 25.7 Å². The topological polar surface area (TPSA) is 92.4 Å². The highest BCUT2D eigenvalue weighted by molar-refractivity contribution is 7.89. The molecule has 0 spiro atoms. The number of hydrogen-bond acceptors (Lipinski definition) is 5. The lowest BCUT2D eigenvalue weighted by atomic mass is 10.2. The summed E-state index contributed by atoms with van der Waals surface area (Å²) in [6.45, 7) is 3.69. The van der Waals surface area contributed by atoms with E-state index in [0.29, 0.717) is 18.0 Å². The number of hydrogen-bond donors (Lipinski definition) is 2. The van der Waals surface area contributed by atoms with Crippen molar-refractivity contribution < 1.29 is 17.9 Å². The van der Waals surface area contributed by atoms with Crippen LogP contribution in [-0.2, 0) is 10.0 Å². The van der Waals surface area contributed by atoms with Crippen molar-refractivity contribution in [2.45, 2.75) is 37.7 Å². The van der Waals surface area contributed by atoms with Crippen molar-refractivity contribution in [2.75, 3.05) is 6.54 Å². The average molecular weight is 324 g/mol. The molecule has 0 bridgehead atoms. The molecule has 120 valence electrons. The molecule has 7 heteroatoms. The molecule has 0 radical (unpaired) electrons. The predicted octanol–water partition coefficient (Wildman–Crippen LogP) is 2.09. The minimum atomic E-state index is -3.62. The van der Waals surface area contributed by atoms with Gasteiger partial charge in [-0.3, -0.25) is 0 Å². The summed E-state index contributed by atoms with van der Waals surface area (Å²) < 4.78 is 31.8. The van der Waals surface area contributed by atoms with Crippen LogP contribution in [0.3, 0.4) is 0 Å². The van der Waals surface area contributed by atoms with Crippen LogP contribution in [0.2, 0.25) is 0 Å². The number of aliphatic hydroxyl groups excluding tert-OH is 1. The summed E-state index contributed by atoms with van der Waals surface area (Å²) in [6.07, 6.45) is 2.22. The molecule has 0 aliphatic carbocycles. The number of rotatable bonds is 7. The summed E-state index contributed by atoms with van der Waals surface area (Å²) >= 11 is 0. The minimum absolute atomic E-state index is 0.0143. The number of nitrogens with one attached hydrogen (secondary N) is 1. The van der Waals surface area contributed by atoms with Crippen LogP contribution in [0.5, 0.6) is 0 Å². The highest BCUT2D eigenvalue weighted by Crippen LogP contribution is 2.20. The van der Waals surface area contributed by atoms with Gasteiger partial charge in [0, 0.05) is 19.0 Å². The molecule has 1 aromatic heterocycles. The van der Waals surface area contributed by atoms with Gasteiger partial charge in [-0.05, 0) is 18.6 Å². The van der Waals surface area contributed by atoms with Crippen molar-refractivity contribution in [3.8, 4) is 11.3 Å². The second-order valence-corrected chi connectivity index (χ2v) is 6.84. The zero-order chi connectivity index (χ0) is 16.2. The minimum Gasteiger partial charge on any atom is -0.449 e. The highest BCUT2D eigenvalue weighted by Gasteiger charge is 2.16. The number of aromatic nitrogens is 1. The predicted molar refractivity (Wildman–Crippen MR) is 82.8 cm³/mol. The van der Waals surface area contributed by atoms with Gasteiger partial charge < -0.3 is 9.52 Å². The Labute approximate surface area is 130 Å². The Kier molecular flexibility index (Phi) is 5.33. The van der Waals surface area contributed by atoms with Gasteiger partial charge in [0.15, 0.2) is 5.89 Å². The Morgan fingerprint density at radius 2 is 2.00 bits per heavy atom. The first kappa shape index (κ1) is 16.7. The molecule has 2 N–H and O–H groups in total. The van der Waals surface area contributed by atoms with Gasteiger partial charge in [0.05, 0.1) is 11.0 Å². The van der Waals surface area contributed by atoms with Gasteiger partial charge in [-0.1, -0.05) is 25.5 Å². The molecule has 0 amide bonds. The Balaban J connectivity index is 2.08. The SMILES string of the molecule is CCCC(O)CNS(=O)(=O)c1ccc(-c2coc(C)n2)cc1. The summed E-state index contributed by atoms with van der Waals surface area (Å²) in [4.78, 5) is 4.34. The van der Waals surface area contributed by atoms with Crippen LogP contribution in [-0.4, -0.2) is 31.2 Å². The fourth-order valence-electron chi connectivity index (χ4n) is 2.03. The van der Waals surface area contributed by atoms with E-state index >= 15 is 0 Å². The lowest BCUT2D eigenvalue weighted by Crippen LogP contribution is -2.32. The van der Waals surface area contributed by atoms with Crippen molar-refractivity contribution >= 4 is 10.0 Å². The molecule has 22 heavy (non-hydrogen) atoms. The highest BCUT2D eigenvalue weighted by atomic mass is 32.2. The molecule has 6 nitrogen and oxygen atoms in total. The van der Waals surface area contributed by atoms with Gasteiger partial charge >= 0.3 is 0 Å². The molecule has 1 heterocycles. The lowest BCUT2D eigenvalue weighted by molar-refractivity contribution is 0.167. The quantitative estimate of drug-likeness (QED) is 0.813.